The number of rotatable bonds is 16. The van der Waals surface area contributed by atoms with Crippen LogP contribution in [-0.2, 0) is 33.9 Å². The van der Waals surface area contributed by atoms with Gasteiger partial charge in [0.25, 0.3) is 5.91 Å². The van der Waals surface area contributed by atoms with E-state index in [1.165, 1.54) is 22.9 Å². The number of sulfonamides is 1. The average Bonchev–Trinajstić information content (AvgIpc) is 4.14. The monoisotopic (exact) mass is 844 g/mol. The van der Waals surface area contributed by atoms with Crippen molar-refractivity contribution in [2.24, 2.45) is 5.92 Å². The maximum absolute atomic E-state index is 14.7. The van der Waals surface area contributed by atoms with Gasteiger partial charge in [-0.15, -0.1) is 6.58 Å². The van der Waals surface area contributed by atoms with Crippen LogP contribution in [0.3, 0.4) is 0 Å². The minimum Gasteiger partial charge on any atom is -0.497 e. The van der Waals surface area contributed by atoms with Crippen molar-refractivity contribution in [2.75, 3.05) is 27.2 Å². The van der Waals surface area contributed by atoms with Gasteiger partial charge in [0, 0.05) is 49.0 Å². The lowest BCUT2D eigenvalue weighted by Crippen LogP contribution is -2.58. The van der Waals surface area contributed by atoms with E-state index in [1.807, 2.05) is 30.3 Å². The number of ether oxygens (including phenoxy) is 3. The van der Waals surface area contributed by atoms with Gasteiger partial charge in [0.15, 0.2) is 0 Å². The zero-order valence-corrected chi connectivity index (χ0v) is 35.3. The molecular weight excluding hydrogens is 793 g/mol. The van der Waals surface area contributed by atoms with Gasteiger partial charge < -0.3 is 34.6 Å². The number of carbonyl (C=O) groups excluding carboxylic acids is 5. The van der Waals surface area contributed by atoms with Crippen LogP contribution in [0.5, 0.6) is 11.5 Å². The molecule has 0 bridgehead atoms. The molecule has 5 atom stereocenters. The summed E-state index contributed by atoms with van der Waals surface area (Å²) in [5.41, 5.74) is -0.543. The Balaban J connectivity index is 1.35. The van der Waals surface area contributed by atoms with Crippen LogP contribution >= 0.6 is 0 Å². The molecule has 320 valence electrons. The van der Waals surface area contributed by atoms with E-state index in [0.717, 1.165) is 11.6 Å². The van der Waals surface area contributed by atoms with Gasteiger partial charge >= 0.3 is 6.09 Å². The molecule has 6 rings (SSSR count). The van der Waals surface area contributed by atoms with E-state index in [2.05, 4.69) is 28.5 Å². The van der Waals surface area contributed by atoms with Gasteiger partial charge in [-0.25, -0.2) is 18.2 Å². The number of carbonyl (C=O) groups is 5. The normalized spacial score (nSPS) is 21.6. The molecule has 2 heterocycles. The quantitative estimate of drug-likeness (QED) is 0.140. The van der Waals surface area contributed by atoms with Gasteiger partial charge in [-0.05, 0) is 64.7 Å². The van der Waals surface area contributed by atoms with Crippen molar-refractivity contribution in [1.29, 1.82) is 0 Å². The van der Waals surface area contributed by atoms with Crippen molar-refractivity contribution in [2.45, 2.75) is 87.5 Å². The third kappa shape index (κ3) is 9.89. The molecule has 16 nitrogen and oxygen atoms in total. The first-order valence-electron chi connectivity index (χ1n) is 19.8. The lowest BCUT2D eigenvalue weighted by molar-refractivity contribution is -0.141. The fourth-order valence-corrected chi connectivity index (χ4v) is 8.59. The molecule has 1 unspecified atom stereocenters. The van der Waals surface area contributed by atoms with Crippen molar-refractivity contribution in [3.63, 3.8) is 0 Å². The molecule has 1 saturated heterocycles. The maximum atomic E-state index is 14.7. The highest BCUT2D eigenvalue weighted by molar-refractivity contribution is 7.91. The van der Waals surface area contributed by atoms with Crippen LogP contribution in [0.15, 0.2) is 79.9 Å². The standard InChI is InChI=1S/C43H52N6O10S/c1-8-27-24-43(27,40(53)47-60(55,56)30-16-17-30)46-38(51)35-22-29(25-49(35)39(52)32(19-20-48(6)37(50)9-2)45-41(54)59-42(3,4)5)58-36-23-33(26-13-11-10-12-14-26)44-34-21-28(57-7)15-18-31(34)36/h8-15,18,21,23,27,29-30,32,35H,1-2,16-17,19-20,22,24-25H2,3-7H3,(H,45,54)(H,46,51)(H,47,53)/t27-,29?,32+,35+,43-/m1/s1. The number of nitrogens with one attached hydrogen (secondary N) is 3. The van der Waals surface area contributed by atoms with E-state index in [1.54, 1.807) is 52.1 Å². The summed E-state index contributed by atoms with van der Waals surface area (Å²) < 4.78 is 45.4. The summed E-state index contributed by atoms with van der Waals surface area (Å²) >= 11 is 0. The third-order valence-corrected chi connectivity index (χ3v) is 12.6. The smallest absolute Gasteiger partial charge is 0.408 e. The first kappa shape index (κ1) is 43.6. The number of aromatic nitrogens is 1. The van der Waals surface area contributed by atoms with Gasteiger partial charge in [0.1, 0.15) is 40.8 Å². The molecule has 2 aliphatic carbocycles. The lowest BCUT2D eigenvalue weighted by atomic mass is 10.1. The summed E-state index contributed by atoms with van der Waals surface area (Å²) in [5, 5.41) is 5.37. The van der Waals surface area contributed by atoms with E-state index in [4.69, 9.17) is 19.2 Å². The third-order valence-electron chi connectivity index (χ3n) is 10.7. The SMILES string of the molecule is C=CC(=O)N(C)CC[C@H](NC(=O)OC(C)(C)C)C(=O)N1CC(Oc2cc(-c3ccccc3)nc3cc(OC)ccc23)C[C@H]1C(=O)N[C@]1(C(=O)NS(=O)(=O)C2CC2)C[C@H]1C=C. The van der Waals surface area contributed by atoms with E-state index in [9.17, 15) is 32.4 Å². The van der Waals surface area contributed by atoms with E-state index in [0.29, 0.717) is 40.9 Å². The Hall–Kier alpha value is -5.97. The zero-order valence-electron chi connectivity index (χ0n) is 34.4. The summed E-state index contributed by atoms with van der Waals surface area (Å²) in [6.07, 6.45) is 1.74. The summed E-state index contributed by atoms with van der Waals surface area (Å²) in [6, 6.07) is 14.0. The van der Waals surface area contributed by atoms with Crippen LogP contribution in [0.2, 0.25) is 0 Å². The van der Waals surface area contributed by atoms with Crippen molar-refractivity contribution in [3.05, 3.63) is 79.9 Å². The molecule has 60 heavy (non-hydrogen) atoms. The number of likely N-dealkylation sites (tertiary alicyclic amines) is 1. The summed E-state index contributed by atoms with van der Waals surface area (Å²) in [5.74, 6) is -2.29. The van der Waals surface area contributed by atoms with Gasteiger partial charge in [-0.2, -0.15) is 0 Å². The summed E-state index contributed by atoms with van der Waals surface area (Å²) in [4.78, 5) is 75.9. The first-order valence-corrected chi connectivity index (χ1v) is 21.3. The molecule has 0 radical (unpaired) electrons. The van der Waals surface area contributed by atoms with Gasteiger partial charge in [0.05, 0.1) is 30.1 Å². The van der Waals surface area contributed by atoms with Crippen LogP contribution in [0, 0.1) is 5.92 Å². The Morgan fingerprint density at radius 2 is 1.78 bits per heavy atom. The highest BCUT2D eigenvalue weighted by atomic mass is 32.2. The molecule has 17 heteroatoms. The van der Waals surface area contributed by atoms with E-state index in [-0.39, 0.29) is 32.4 Å². The van der Waals surface area contributed by atoms with Crippen LogP contribution < -0.4 is 24.8 Å². The predicted octanol–water partition coefficient (Wildman–Crippen LogP) is 3.86. The number of likely N-dealkylation sites (N-methyl/N-ethyl adjacent to an activating group) is 1. The summed E-state index contributed by atoms with van der Waals surface area (Å²) in [6.45, 7) is 12.2. The number of hydrogen-bond donors (Lipinski definition) is 3. The Morgan fingerprint density at radius 3 is 2.40 bits per heavy atom. The summed E-state index contributed by atoms with van der Waals surface area (Å²) in [7, 11) is -0.886. The Kier molecular flexibility index (Phi) is 12.6. The molecule has 2 saturated carbocycles. The number of hydrogen-bond acceptors (Lipinski definition) is 11. The molecule has 5 amide bonds. The molecule has 3 aromatic rings. The molecular formula is C43H52N6O10S. The Labute approximate surface area is 349 Å². The second kappa shape index (κ2) is 17.3. The molecule has 1 aliphatic heterocycles. The molecule has 3 fully saturated rings. The maximum Gasteiger partial charge on any atom is 0.408 e. The highest BCUT2D eigenvalue weighted by Crippen LogP contribution is 2.45. The topological polar surface area (TPSA) is 203 Å². The fraction of sp³-hybridized carbons (Fsp3) is 0.442. The van der Waals surface area contributed by atoms with Crippen molar-refractivity contribution in [3.8, 4) is 22.8 Å². The molecule has 1 aromatic heterocycles. The van der Waals surface area contributed by atoms with Crippen molar-refractivity contribution in [1.82, 2.24) is 30.1 Å². The number of methoxy groups -OCH3 is 1. The number of benzene rings is 2. The molecule has 2 aromatic carbocycles. The number of fused-ring (bicyclic) bond motifs is 1. The van der Waals surface area contributed by atoms with Gasteiger partial charge in [-0.1, -0.05) is 43.0 Å². The Morgan fingerprint density at radius 1 is 1.07 bits per heavy atom. The Bertz CT molecular complexity index is 2290. The van der Waals surface area contributed by atoms with Crippen LogP contribution in [0.4, 0.5) is 4.79 Å². The minimum absolute atomic E-state index is 0.0240. The number of pyridine rings is 1. The first-order chi connectivity index (χ1) is 28.4. The molecule has 0 spiro atoms. The molecule has 3 N–H and O–H groups in total. The van der Waals surface area contributed by atoms with E-state index < -0.39 is 80.2 Å². The number of nitrogens with zero attached hydrogens (tertiary/aromatic N) is 3. The van der Waals surface area contributed by atoms with Crippen LogP contribution in [-0.4, -0.2) is 115 Å². The van der Waals surface area contributed by atoms with E-state index >= 15 is 0 Å². The van der Waals surface area contributed by atoms with Crippen LogP contribution in [0.1, 0.15) is 52.9 Å². The van der Waals surface area contributed by atoms with Crippen molar-refractivity contribution < 1.29 is 46.6 Å². The second-order valence-corrected chi connectivity index (χ2v) is 18.3. The second-order valence-electron chi connectivity index (χ2n) is 16.4. The van der Waals surface area contributed by atoms with Gasteiger partial charge in [-0.3, -0.25) is 23.9 Å². The minimum atomic E-state index is -3.96. The zero-order chi connectivity index (χ0) is 43.6. The number of amides is 5. The molecule has 3 aliphatic rings. The van der Waals surface area contributed by atoms with Crippen LogP contribution in [0.25, 0.3) is 22.2 Å². The predicted molar refractivity (Wildman–Crippen MR) is 223 cm³/mol. The largest absolute Gasteiger partial charge is 0.497 e. The average molecular weight is 845 g/mol. The highest BCUT2D eigenvalue weighted by Gasteiger charge is 2.62. The lowest BCUT2D eigenvalue weighted by Gasteiger charge is -2.31. The fourth-order valence-electron chi connectivity index (χ4n) is 7.23. The number of alkyl carbamates (subject to hydrolysis) is 1. The van der Waals surface area contributed by atoms with Crippen molar-refractivity contribution >= 4 is 50.6 Å². The van der Waals surface area contributed by atoms with Gasteiger partial charge in [0.2, 0.25) is 27.7 Å².